The number of hydrogen-bond donors (Lipinski definition) is 2. The van der Waals surface area contributed by atoms with Crippen LogP contribution < -0.4 is 11.2 Å². The van der Waals surface area contributed by atoms with Crippen molar-refractivity contribution in [3.05, 3.63) is 71.8 Å². The zero-order valence-corrected chi connectivity index (χ0v) is 12.2. The molecule has 0 aromatic heterocycles. The molecular formula is C17H23N3. The van der Waals surface area contributed by atoms with Crippen LogP contribution in [-0.2, 0) is 0 Å². The summed E-state index contributed by atoms with van der Waals surface area (Å²) in [5.41, 5.74) is 12.0. The lowest BCUT2D eigenvalue weighted by Gasteiger charge is -2.30. The Balaban J connectivity index is 2.38. The summed E-state index contributed by atoms with van der Waals surface area (Å²) in [6.45, 7) is 0.576. The topological polar surface area (TPSA) is 41.3 Å². The summed E-state index contributed by atoms with van der Waals surface area (Å²) in [6.07, 6.45) is 0. The molecule has 0 saturated heterocycles. The lowest BCUT2D eigenvalue weighted by Crippen LogP contribution is -2.47. The summed E-state index contributed by atoms with van der Waals surface area (Å²) in [4.78, 5) is 0. The Morgan fingerprint density at radius 3 is 1.70 bits per heavy atom. The first-order chi connectivity index (χ1) is 9.72. The first-order valence-electron chi connectivity index (χ1n) is 6.96. The monoisotopic (exact) mass is 269 g/mol. The largest absolute Gasteiger partial charge is 0.329 e. The third kappa shape index (κ3) is 3.67. The highest BCUT2D eigenvalue weighted by atomic mass is 15.5. The maximum Gasteiger partial charge on any atom is 0.0446 e. The smallest absolute Gasteiger partial charge is 0.0446 e. The van der Waals surface area contributed by atoms with Crippen molar-refractivity contribution in [2.75, 3.05) is 20.6 Å². The zero-order chi connectivity index (χ0) is 14.4. The van der Waals surface area contributed by atoms with Crippen LogP contribution in [0.25, 0.3) is 0 Å². The van der Waals surface area contributed by atoms with Crippen LogP contribution in [0.4, 0.5) is 0 Å². The molecular weight excluding hydrogens is 246 g/mol. The van der Waals surface area contributed by atoms with Gasteiger partial charge in [0.2, 0.25) is 0 Å². The van der Waals surface area contributed by atoms with E-state index in [0.29, 0.717) is 6.54 Å². The summed E-state index contributed by atoms with van der Waals surface area (Å²) in [6, 6.07) is 21.2. The maximum absolute atomic E-state index is 6.01. The fraction of sp³-hybridized carbons (Fsp3) is 0.294. The van der Waals surface area contributed by atoms with Crippen LogP contribution in [0.5, 0.6) is 0 Å². The predicted octanol–water partition coefficient (Wildman–Crippen LogP) is 2.21. The van der Waals surface area contributed by atoms with E-state index >= 15 is 0 Å². The molecule has 0 aliphatic carbocycles. The Hall–Kier alpha value is -1.68. The van der Waals surface area contributed by atoms with E-state index in [-0.39, 0.29) is 12.0 Å². The molecule has 0 aliphatic heterocycles. The first kappa shape index (κ1) is 14.7. The second-order valence-corrected chi connectivity index (χ2v) is 5.16. The quantitative estimate of drug-likeness (QED) is 0.790. The zero-order valence-electron chi connectivity index (χ0n) is 12.2. The van der Waals surface area contributed by atoms with Gasteiger partial charge in [-0.3, -0.25) is 10.4 Å². The molecule has 1 atom stereocenters. The molecule has 0 bridgehead atoms. The van der Waals surface area contributed by atoms with Gasteiger partial charge in [0, 0.05) is 32.6 Å². The fourth-order valence-electron chi connectivity index (χ4n) is 2.57. The van der Waals surface area contributed by atoms with E-state index in [4.69, 9.17) is 5.73 Å². The van der Waals surface area contributed by atoms with Gasteiger partial charge in [-0.2, -0.15) is 0 Å². The molecule has 0 fully saturated rings. The molecule has 2 rings (SSSR count). The molecule has 0 radical (unpaired) electrons. The molecule has 3 heteroatoms. The maximum atomic E-state index is 6.01. The Morgan fingerprint density at radius 1 is 0.900 bits per heavy atom. The summed E-state index contributed by atoms with van der Waals surface area (Å²) in [5, 5.41) is 1.97. The van der Waals surface area contributed by atoms with E-state index in [0.717, 1.165) is 0 Å². The van der Waals surface area contributed by atoms with Crippen molar-refractivity contribution in [2.24, 2.45) is 5.73 Å². The van der Waals surface area contributed by atoms with Crippen molar-refractivity contribution < 1.29 is 0 Å². The number of nitrogens with one attached hydrogen (secondary N) is 1. The number of benzene rings is 2. The first-order valence-corrected chi connectivity index (χ1v) is 6.96. The SMILES string of the molecule is CN(C)NC(CN)C(c1ccccc1)c1ccccc1. The standard InChI is InChI=1S/C17H23N3/c1-20(2)19-16(13-18)17(14-9-5-3-6-10-14)15-11-7-4-8-12-15/h3-12,16-17,19H,13,18H2,1-2H3. The van der Waals surface area contributed by atoms with Crippen LogP contribution in [0.3, 0.4) is 0 Å². The molecule has 20 heavy (non-hydrogen) atoms. The van der Waals surface area contributed by atoms with Gasteiger partial charge in [0.05, 0.1) is 0 Å². The Bertz CT molecular complexity index is 457. The molecule has 1 unspecified atom stereocenters. The molecule has 3 nitrogen and oxygen atoms in total. The highest BCUT2D eigenvalue weighted by Crippen LogP contribution is 2.27. The fourth-order valence-corrected chi connectivity index (χ4v) is 2.57. The van der Waals surface area contributed by atoms with E-state index < -0.39 is 0 Å². The van der Waals surface area contributed by atoms with Gasteiger partial charge in [-0.15, -0.1) is 0 Å². The molecule has 0 spiro atoms. The van der Waals surface area contributed by atoms with Gasteiger partial charge in [-0.05, 0) is 11.1 Å². The van der Waals surface area contributed by atoms with Gasteiger partial charge < -0.3 is 5.73 Å². The molecule has 106 valence electrons. The van der Waals surface area contributed by atoms with Crippen LogP contribution in [0.2, 0.25) is 0 Å². The van der Waals surface area contributed by atoms with Crippen molar-refractivity contribution in [3.8, 4) is 0 Å². The van der Waals surface area contributed by atoms with Crippen molar-refractivity contribution >= 4 is 0 Å². The van der Waals surface area contributed by atoms with E-state index in [1.165, 1.54) is 11.1 Å². The molecule has 2 aromatic rings. The number of hydrazine groups is 1. The van der Waals surface area contributed by atoms with E-state index in [2.05, 4.69) is 54.0 Å². The van der Waals surface area contributed by atoms with Crippen LogP contribution in [-0.4, -0.2) is 31.7 Å². The minimum Gasteiger partial charge on any atom is -0.329 e. The number of rotatable bonds is 6. The predicted molar refractivity (Wildman–Crippen MR) is 84.4 cm³/mol. The highest BCUT2D eigenvalue weighted by molar-refractivity contribution is 5.34. The molecule has 0 aliphatic rings. The normalized spacial score (nSPS) is 12.8. The molecule has 0 amide bonds. The average molecular weight is 269 g/mol. The van der Waals surface area contributed by atoms with Gasteiger partial charge in [0.25, 0.3) is 0 Å². The number of hydrogen-bond acceptors (Lipinski definition) is 3. The molecule has 2 aromatic carbocycles. The van der Waals surface area contributed by atoms with E-state index in [1.54, 1.807) is 0 Å². The lowest BCUT2D eigenvalue weighted by molar-refractivity contribution is 0.232. The van der Waals surface area contributed by atoms with Crippen LogP contribution in [0, 0.1) is 0 Å². The Morgan fingerprint density at radius 2 is 1.35 bits per heavy atom. The van der Waals surface area contributed by atoms with Crippen LogP contribution in [0.1, 0.15) is 17.0 Å². The van der Waals surface area contributed by atoms with E-state index in [1.807, 2.05) is 31.2 Å². The van der Waals surface area contributed by atoms with Crippen LogP contribution in [0.15, 0.2) is 60.7 Å². The average Bonchev–Trinajstić information content (AvgIpc) is 2.48. The van der Waals surface area contributed by atoms with Crippen LogP contribution >= 0.6 is 0 Å². The summed E-state index contributed by atoms with van der Waals surface area (Å²) >= 11 is 0. The third-order valence-electron chi connectivity index (χ3n) is 3.40. The van der Waals surface area contributed by atoms with Gasteiger partial charge in [-0.25, -0.2) is 0 Å². The summed E-state index contributed by atoms with van der Waals surface area (Å²) in [7, 11) is 3.99. The Labute approximate surface area is 121 Å². The second kappa shape index (κ2) is 7.20. The summed E-state index contributed by atoms with van der Waals surface area (Å²) in [5.74, 6) is 0.241. The summed E-state index contributed by atoms with van der Waals surface area (Å²) < 4.78 is 0. The number of nitrogens with zero attached hydrogens (tertiary/aromatic N) is 1. The van der Waals surface area contributed by atoms with Crippen molar-refractivity contribution in [2.45, 2.75) is 12.0 Å². The van der Waals surface area contributed by atoms with Gasteiger partial charge in [0.1, 0.15) is 0 Å². The van der Waals surface area contributed by atoms with E-state index in [9.17, 15) is 0 Å². The second-order valence-electron chi connectivity index (χ2n) is 5.16. The Kier molecular flexibility index (Phi) is 5.30. The van der Waals surface area contributed by atoms with Gasteiger partial charge in [-0.1, -0.05) is 60.7 Å². The minimum atomic E-state index is 0.162. The lowest BCUT2D eigenvalue weighted by atomic mass is 9.85. The van der Waals surface area contributed by atoms with Gasteiger partial charge in [0.15, 0.2) is 0 Å². The molecule has 3 N–H and O–H groups in total. The molecule has 0 heterocycles. The highest BCUT2D eigenvalue weighted by Gasteiger charge is 2.24. The van der Waals surface area contributed by atoms with Crippen molar-refractivity contribution in [1.29, 1.82) is 0 Å². The van der Waals surface area contributed by atoms with Crippen molar-refractivity contribution in [1.82, 2.24) is 10.4 Å². The minimum absolute atomic E-state index is 0.162. The van der Waals surface area contributed by atoms with Crippen molar-refractivity contribution in [3.63, 3.8) is 0 Å². The number of nitrogens with two attached hydrogens (primary N) is 1. The molecule has 0 saturated carbocycles. The van der Waals surface area contributed by atoms with Gasteiger partial charge >= 0.3 is 0 Å². The third-order valence-corrected chi connectivity index (χ3v) is 3.40.